The molecule has 1 N–H and O–H groups in total. The lowest BCUT2D eigenvalue weighted by Gasteiger charge is -2.20. The number of aryl methyl sites for hydroxylation is 1. The first kappa shape index (κ1) is 18.5. The number of rotatable bonds is 7. The van der Waals surface area contributed by atoms with Gasteiger partial charge in [0.15, 0.2) is 5.78 Å². The van der Waals surface area contributed by atoms with Crippen LogP contribution in [0.3, 0.4) is 0 Å². The van der Waals surface area contributed by atoms with Gasteiger partial charge in [0.05, 0.1) is 26.5 Å². The fraction of sp³-hybridized carbons (Fsp3) is 0.389. The summed E-state index contributed by atoms with van der Waals surface area (Å²) in [6.45, 7) is 5.27. The summed E-state index contributed by atoms with van der Waals surface area (Å²) in [4.78, 5) is 41.1. The monoisotopic (exact) mass is 346 g/mol. The van der Waals surface area contributed by atoms with Crippen LogP contribution >= 0.6 is 0 Å². The average Bonchev–Trinajstić information content (AvgIpc) is 3.20. The van der Waals surface area contributed by atoms with E-state index < -0.39 is 5.97 Å². The lowest BCUT2D eigenvalue weighted by atomic mass is 10.0. The Morgan fingerprint density at radius 1 is 1.28 bits per heavy atom. The molecule has 2 aromatic heterocycles. The number of carbonyl (C=O) groups is 3. The Labute approximate surface area is 145 Å². The molecule has 7 heteroatoms. The molecule has 0 atom stereocenters. The maximum absolute atomic E-state index is 12.8. The van der Waals surface area contributed by atoms with Gasteiger partial charge in [-0.05, 0) is 31.5 Å². The molecule has 7 nitrogen and oxygen atoms in total. The minimum atomic E-state index is -0.531. The van der Waals surface area contributed by atoms with Crippen molar-refractivity contribution in [3.05, 3.63) is 46.7 Å². The molecular formula is C18H22N2O5. The van der Waals surface area contributed by atoms with Crippen molar-refractivity contribution >= 4 is 17.7 Å². The second kappa shape index (κ2) is 7.83. The molecule has 2 rings (SSSR count). The van der Waals surface area contributed by atoms with Gasteiger partial charge in [0, 0.05) is 17.7 Å². The van der Waals surface area contributed by atoms with Crippen LogP contribution in [0, 0.1) is 13.8 Å². The third-order valence-corrected chi connectivity index (χ3v) is 4.02. The van der Waals surface area contributed by atoms with E-state index >= 15 is 0 Å². The Hall–Kier alpha value is -2.83. The van der Waals surface area contributed by atoms with E-state index in [0.29, 0.717) is 22.6 Å². The number of amides is 1. The van der Waals surface area contributed by atoms with Crippen molar-refractivity contribution in [2.45, 2.75) is 33.7 Å². The van der Waals surface area contributed by atoms with E-state index in [1.807, 2.05) is 0 Å². The van der Waals surface area contributed by atoms with Crippen LogP contribution in [0.1, 0.15) is 51.2 Å². The van der Waals surface area contributed by atoms with Gasteiger partial charge in [-0.25, -0.2) is 4.79 Å². The zero-order chi connectivity index (χ0) is 18.6. The fourth-order valence-corrected chi connectivity index (χ4v) is 2.77. The Kier molecular flexibility index (Phi) is 5.80. The third-order valence-electron chi connectivity index (χ3n) is 4.02. The fourth-order valence-electron chi connectivity index (χ4n) is 2.77. The van der Waals surface area contributed by atoms with Gasteiger partial charge < -0.3 is 19.0 Å². The Morgan fingerprint density at radius 3 is 2.56 bits per heavy atom. The molecule has 25 heavy (non-hydrogen) atoms. The van der Waals surface area contributed by atoms with Crippen LogP contribution in [0.4, 0.5) is 0 Å². The third kappa shape index (κ3) is 3.99. The summed E-state index contributed by atoms with van der Waals surface area (Å²) < 4.78 is 9.98. The quantitative estimate of drug-likeness (QED) is 0.614. The largest absolute Gasteiger partial charge is 0.467 e. The van der Waals surface area contributed by atoms with Crippen molar-refractivity contribution in [1.29, 1.82) is 0 Å². The highest BCUT2D eigenvalue weighted by Gasteiger charge is 2.25. The molecule has 0 unspecified atom stereocenters. The first-order chi connectivity index (χ1) is 11.9. The average molecular weight is 346 g/mol. The van der Waals surface area contributed by atoms with E-state index in [-0.39, 0.29) is 36.9 Å². The SMILES string of the molecule is CCC(=O)N(CC(=O)c1c(C)[nH]c(C(=O)OC)c1C)Cc1ccco1. The number of ketones is 1. The van der Waals surface area contributed by atoms with Crippen molar-refractivity contribution in [2.24, 2.45) is 0 Å². The normalized spacial score (nSPS) is 10.6. The van der Waals surface area contributed by atoms with Crippen LogP contribution in [0.25, 0.3) is 0 Å². The van der Waals surface area contributed by atoms with Crippen molar-refractivity contribution < 1.29 is 23.5 Å². The molecule has 2 heterocycles. The van der Waals surface area contributed by atoms with Gasteiger partial charge in [-0.1, -0.05) is 6.92 Å². The van der Waals surface area contributed by atoms with Gasteiger partial charge in [0.25, 0.3) is 0 Å². The molecule has 0 radical (unpaired) electrons. The molecule has 134 valence electrons. The number of ether oxygens (including phenoxy) is 1. The lowest BCUT2D eigenvalue weighted by molar-refractivity contribution is -0.131. The number of hydrogen-bond donors (Lipinski definition) is 1. The predicted molar refractivity (Wildman–Crippen MR) is 90.4 cm³/mol. The number of H-pyrrole nitrogens is 1. The van der Waals surface area contributed by atoms with Crippen LogP contribution in [0.2, 0.25) is 0 Å². The zero-order valence-electron chi connectivity index (χ0n) is 14.8. The van der Waals surface area contributed by atoms with Gasteiger partial charge >= 0.3 is 5.97 Å². The number of nitrogens with one attached hydrogen (secondary N) is 1. The predicted octanol–water partition coefficient (Wildman–Crippen LogP) is 2.63. The number of aromatic nitrogens is 1. The maximum atomic E-state index is 12.8. The Bertz CT molecular complexity index is 774. The molecule has 0 aliphatic heterocycles. The minimum Gasteiger partial charge on any atom is -0.467 e. The number of Topliss-reactive ketones (excluding diaryl/α,β-unsaturated/α-hetero) is 1. The van der Waals surface area contributed by atoms with Gasteiger partial charge in [-0.15, -0.1) is 0 Å². The highest BCUT2D eigenvalue weighted by molar-refractivity contribution is 6.04. The molecule has 0 bridgehead atoms. The second-order valence-corrected chi connectivity index (χ2v) is 5.72. The number of esters is 1. The van der Waals surface area contributed by atoms with Crippen molar-refractivity contribution in [2.75, 3.05) is 13.7 Å². The molecule has 0 fully saturated rings. The Balaban J connectivity index is 2.25. The molecule has 0 aliphatic carbocycles. The standard InChI is InChI=1S/C18H22N2O5/c1-5-15(22)20(9-13-7-6-8-25-13)10-14(21)16-11(2)17(18(23)24-4)19-12(16)3/h6-8,19H,5,9-10H2,1-4H3. The van der Waals surface area contributed by atoms with Crippen LogP contribution < -0.4 is 0 Å². The first-order valence-corrected chi connectivity index (χ1v) is 7.99. The Morgan fingerprint density at radius 2 is 2.00 bits per heavy atom. The maximum Gasteiger partial charge on any atom is 0.354 e. The smallest absolute Gasteiger partial charge is 0.354 e. The number of methoxy groups -OCH3 is 1. The number of carbonyl (C=O) groups excluding carboxylic acids is 3. The molecular weight excluding hydrogens is 324 g/mol. The number of hydrogen-bond acceptors (Lipinski definition) is 5. The summed E-state index contributed by atoms with van der Waals surface area (Å²) in [6, 6.07) is 3.48. The van der Waals surface area contributed by atoms with Crippen LogP contribution in [0.5, 0.6) is 0 Å². The number of nitrogens with zero attached hydrogens (tertiary/aromatic N) is 1. The van der Waals surface area contributed by atoms with Crippen LogP contribution in [-0.2, 0) is 16.1 Å². The van der Waals surface area contributed by atoms with E-state index in [1.54, 1.807) is 32.9 Å². The topological polar surface area (TPSA) is 92.6 Å². The summed E-state index contributed by atoms with van der Waals surface area (Å²) in [6.07, 6.45) is 1.81. The van der Waals surface area contributed by atoms with Crippen molar-refractivity contribution in [3.8, 4) is 0 Å². The molecule has 0 saturated heterocycles. The van der Waals surface area contributed by atoms with Crippen molar-refractivity contribution in [3.63, 3.8) is 0 Å². The molecule has 0 spiro atoms. The van der Waals surface area contributed by atoms with E-state index in [0.717, 1.165) is 0 Å². The molecule has 0 saturated carbocycles. The summed E-state index contributed by atoms with van der Waals surface area (Å²) in [5.41, 5.74) is 1.76. The molecule has 2 aromatic rings. The van der Waals surface area contributed by atoms with Crippen LogP contribution in [0.15, 0.2) is 22.8 Å². The molecule has 0 aromatic carbocycles. The molecule has 1 amide bonds. The van der Waals surface area contributed by atoms with E-state index in [2.05, 4.69) is 4.98 Å². The van der Waals surface area contributed by atoms with Crippen LogP contribution in [-0.4, -0.2) is 41.2 Å². The highest BCUT2D eigenvalue weighted by atomic mass is 16.5. The number of furan rings is 1. The van der Waals surface area contributed by atoms with Gasteiger partial charge in [-0.2, -0.15) is 0 Å². The van der Waals surface area contributed by atoms with E-state index in [1.165, 1.54) is 18.3 Å². The number of aromatic amines is 1. The van der Waals surface area contributed by atoms with Gasteiger partial charge in [0.1, 0.15) is 11.5 Å². The van der Waals surface area contributed by atoms with Crippen molar-refractivity contribution in [1.82, 2.24) is 9.88 Å². The van der Waals surface area contributed by atoms with Gasteiger partial charge in [-0.3, -0.25) is 9.59 Å². The minimum absolute atomic E-state index is 0.0898. The summed E-state index contributed by atoms with van der Waals surface area (Å²) in [7, 11) is 1.28. The van der Waals surface area contributed by atoms with E-state index in [9.17, 15) is 14.4 Å². The van der Waals surface area contributed by atoms with Gasteiger partial charge in [0.2, 0.25) is 5.91 Å². The molecule has 0 aliphatic rings. The zero-order valence-corrected chi connectivity index (χ0v) is 14.8. The summed E-state index contributed by atoms with van der Waals surface area (Å²) in [5.74, 6) is -0.317. The summed E-state index contributed by atoms with van der Waals surface area (Å²) in [5, 5.41) is 0. The van der Waals surface area contributed by atoms with E-state index in [4.69, 9.17) is 9.15 Å². The first-order valence-electron chi connectivity index (χ1n) is 7.99. The highest BCUT2D eigenvalue weighted by Crippen LogP contribution is 2.20. The second-order valence-electron chi connectivity index (χ2n) is 5.72. The summed E-state index contributed by atoms with van der Waals surface area (Å²) >= 11 is 0. The lowest BCUT2D eigenvalue weighted by Crippen LogP contribution is -2.35.